The fraction of sp³-hybridized carbons (Fsp3) is 0.0476. The van der Waals surface area contributed by atoms with Crippen LogP contribution in [0.15, 0.2) is 76.5 Å². The van der Waals surface area contributed by atoms with Gasteiger partial charge in [0.1, 0.15) is 6.07 Å². The molecule has 0 fully saturated rings. The van der Waals surface area contributed by atoms with Crippen LogP contribution in [0.4, 0.5) is 14.5 Å². The average Bonchev–Trinajstić information content (AvgIpc) is 2.70. The lowest BCUT2D eigenvalue weighted by molar-refractivity contribution is 0.0990. The second kappa shape index (κ2) is 8.02. The molecule has 6 heteroatoms. The standard InChI is InChI=1S/C21H14F2N2OS/c1-25(15-10-11-17(22)18(23)12-15)21(26)16-7-3-5-9-20(16)27-19-8-4-2-6-14(19)13-24/h2-12H,1H3. The third-order valence-corrected chi connectivity index (χ3v) is 5.09. The summed E-state index contributed by atoms with van der Waals surface area (Å²) in [7, 11) is 1.50. The van der Waals surface area contributed by atoms with E-state index in [-0.39, 0.29) is 11.6 Å². The topological polar surface area (TPSA) is 44.1 Å². The van der Waals surface area contributed by atoms with Crippen molar-refractivity contribution in [2.75, 3.05) is 11.9 Å². The van der Waals surface area contributed by atoms with E-state index in [9.17, 15) is 18.8 Å². The van der Waals surface area contributed by atoms with Crippen molar-refractivity contribution in [3.63, 3.8) is 0 Å². The molecule has 0 radical (unpaired) electrons. The molecule has 3 aromatic rings. The molecule has 0 spiro atoms. The van der Waals surface area contributed by atoms with Gasteiger partial charge in [0.2, 0.25) is 0 Å². The van der Waals surface area contributed by atoms with Gasteiger partial charge in [0, 0.05) is 28.6 Å². The number of carbonyl (C=O) groups excluding carboxylic acids is 1. The highest BCUT2D eigenvalue weighted by Gasteiger charge is 2.19. The highest BCUT2D eigenvalue weighted by Crippen LogP contribution is 2.33. The molecule has 134 valence electrons. The van der Waals surface area contributed by atoms with Gasteiger partial charge in [-0.15, -0.1) is 0 Å². The second-order valence-corrected chi connectivity index (χ2v) is 6.75. The van der Waals surface area contributed by atoms with E-state index >= 15 is 0 Å². The van der Waals surface area contributed by atoms with Gasteiger partial charge in [-0.3, -0.25) is 4.79 Å². The van der Waals surface area contributed by atoms with E-state index < -0.39 is 11.6 Å². The van der Waals surface area contributed by atoms with Crippen LogP contribution in [0.3, 0.4) is 0 Å². The van der Waals surface area contributed by atoms with Gasteiger partial charge in [0.15, 0.2) is 11.6 Å². The summed E-state index contributed by atoms with van der Waals surface area (Å²) in [5.74, 6) is -2.35. The van der Waals surface area contributed by atoms with E-state index in [1.54, 1.807) is 36.4 Å². The van der Waals surface area contributed by atoms with Crippen molar-refractivity contribution in [1.82, 2.24) is 0 Å². The number of carbonyl (C=O) groups is 1. The molecule has 0 saturated heterocycles. The molecule has 0 aliphatic carbocycles. The maximum Gasteiger partial charge on any atom is 0.259 e. The van der Waals surface area contributed by atoms with Crippen molar-refractivity contribution < 1.29 is 13.6 Å². The zero-order chi connectivity index (χ0) is 19.4. The molecule has 0 aromatic heterocycles. The molecule has 0 atom stereocenters. The van der Waals surface area contributed by atoms with Gasteiger partial charge in [-0.05, 0) is 36.4 Å². The number of anilines is 1. The summed E-state index contributed by atoms with van der Waals surface area (Å²) < 4.78 is 26.7. The molecule has 27 heavy (non-hydrogen) atoms. The molecular weight excluding hydrogens is 366 g/mol. The van der Waals surface area contributed by atoms with Crippen LogP contribution in [0.5, 0.6) is 0 Å². The van der Waals surface area contributed by atoms with Crippen molar-refractivity contribution in [3.8, 4) is 6.07 Å². The maximum absolute atomic E-state index is 13.5. The van der Waals surface area contributed by atoms with Gasteiger partial charge in [0.25, 0.3) is 5.91 Å². The molecule has 0 aliphatic heterocycles. The minimum Gasteiger partial charge on any atom is -0.311 e. The molecule has 3 rings (SSSR count). The van der Waals surface area contributed by atoms with E-state index in [0.717, 1.165) is 17.0 Å². The molecule has 3 nitrogen and oxygen atoms in total. The number of benzene rings is 3. The first-order chi connectivity index (χ1) is 13.0. The number of nitriles is 1. The Morgan fingerprint density at radius 2 is 1.63 bits per heavy atom. The Labute approximate surface area is 159 Å². The number of halogens is 2. The van der Waals surface area contributed by atoms with E-state index in [0.29, 0.717) is 16.0 Å². The summed E-state index contributed by atoms with van der Waals surface area (Å²) in [4.78, 5) is 15.6. The first kappa shape index (κ1) is 18.6. The lowest BCUT2D eigenvalue weighted by atomic mass is 10.2. The predicted octanol–water partition coefficient (Wildman–Crippen LogP) is 5.26. The summed E-state index contributed by atoms with van der Waals surface area (Å²) in [5.41, 5.74) is 1.16. The third kappa shape index (κ3) is 3.99. The van der Waals surface area contributed by atoms with Crippen LogP contribution in [0.25, 0.3) is 0 Å². The maximum atomic E-state index is 13.5. The van der Waals surface area contributed by atoms with E-state index in [4.69, 9.17) is 0 Å². The molecule has 1 amide bonds. The first-order valence-corrected chi connectivity index (χ1v) is 8.82. The minimum atomic E-state index is -1.02. The fourth-order valence-corrected chi connectivity index (χ4v) is 3.51. The van der Waals surface area contributed by atoms with Gasteiger partial charge < -0.3 is 4.90 Å². The number of nitrogens with zero attached hydrogens (tertiary/aromatic N) is 2. The normalized spacial score (nSPS) is 10.3. The van der Waals surface area contributed by atoms with Crippen molar-refractivity contribution in [3.05, 3.63) is 89.5 Å². The molecule has 0 heterocycles. The quantitative estimate of drug-likeness (QED) is 0.620. The summed E-state index contributed by atoms with van der Waals surface area (Å²) in [6, 6.07) is 19.5. The number of rotatable bonds is 4. The summed E-state index contributed by atoms with van der Waals surface area (Å²) >= 11 is 1.31. The smallest absolute Gasteiger partial charge is 0.259 e. The van der Waals surface area contributed by atoms with E-state index in [1.807, 2.05) is 12.1 Å². The highest BCUT2D eigenvalue weighted by molar-refractivity contribution is 7.99. The molecule has 0 N–H and O–H groups in total. The molecular formula is C21H14F2N2OS. The van der Waals surface area contributed by atoms with Crippen LogP contribution in [0.2, 0.25) is 0 Å². The van der Waals surface area contributed by atoms with Crippen molar-refractivity contribution in [2.45, 2.75) is 9.79 Å². The molecule has 0 unspecified atom stereocenters. The third-order valence-electron chi connectivity index (χ3n) is 3.94. The Bertz CT molecular complexity index is 1050. The Kier molecular flexibility index (Phi) is 5.53. The van der Waals surface area contributed by atoms with E-state index in [2.05, 4.69) is 6.07 Å². The zero-order valence-electron chi connectivity index (χ0n) is 14.3. The lowest BCUT2D eigenvalue weighted by Gasteiger charge is -2.19. The number of hydrogen-bond donors (Lipinski definition) is 0. The Morgan fingerprint density at radius 1 is 0.963 bits per heavy atom. The fourth-order valence-electron chi connectivity index (χ4n) is 2.49. The Morgan fingerprint density at radius 3 is 2.33 bits per heavy atom. The van der Waals surface area contributed by atoms with Gasteiger partial charge in [-0.2, -0.15) is 5.26 Å². The van der Waals surface area contributed by atoms with Crippen LogP contribution in [-0.2, 0) is 0 Å². The number of hydrogen-bond acceptors (Lipinski definition) is 3. The SMILES string of the molecule is CN(C(=O)c1ccccc1Sc1ccccc1C#N)c1ccc(F)c(F)c1. The first-order valence-electron chi connectivity index (χ1n) is 8.00. The lowest BCUT2D eigenvalue weighted by Crippen LogP contribution is -2.26. The van der Waals surface area contributed by atoms with Gasteiger partial charge in [-0.1, -0.05) is 36.0 Å². The van der Waals surface area contributed by atoms with Crippen molar-refractivity contribution >= 4 is 23.4 Å². The average molecular weight is 380 g/mol. The Balaban J connectivity index is 1.94. The van der Waals surface area contributed by atoms with Gasteiger partial charge in [-0.25, -0.2) is 8.78 Å². The molecule has 0 bridgehead atoms. The predicted molar refractivity (Wildman–Crippen MR) is 101 cm³/mol. The van der Waals surface area contributed by atoms with Crippen molar-refractivity contribution in [1.29, 1.82) is 5.26 Å². The van der Waals surface area contributed by atoms with Gasteiger partial charge in [0.05, 0.1) is 11.1 Å². The summed E-state index contributed by atoms with van der Waals surface area (Å²) in [5, 5.41) is 9.26. The Hall–Kier alpha value is -3.17. The molecule has 0 aliphatic rings. The van der Waals surface area contributed by atoms with Crippen LogP contribution < -0.4 is 4.90 Å². The molecule has 0 saturated carbocycles. The van der Waals surface area contributed by atoms with E-state index in [1.165, 1.54) is 29.8 Å². The van der Waals surface area contributed by atoms with Crippen molar-refractivity contribution in [2.24, 2.45) is 0 Å². The zero-order valence-corrected chi connectivity index (χ0v) is 15.1. The van der Waals surface area contributed by atoms with Crippen LogP contribution >= 0.6 is 11.8 Å². The minimum absolute atomic E-state index is 0.246. The largest absolute Gasteiger partial charge is 0.311 e. The summed E-state index contributed by atoms with van der Waals surface area (Å²) in [6.07, 6.45) is 0. The summed E-state index contributed by atoms with van der Waals surface area (Å²) in [6.45, 7) is 0. The monoisotopic (exact) mass is 380 g/mol. The van der Waals surface area contributed by atoms with Gasteiger partial charge >= 0.3 is 0 Å². The van der Waals surface area contributed by atoms with Crippen LogP contribution in [0, 0.1) is 23.0 Å². The van der Waals surface area contributed by atoms with Crippen LogP contribution in [-0.4, -0.2) is 13.0 Å². The highest BCUT2D eigenvalue weighted by atomic mass is 32.2. The number of amides is 1. The van der Waals surface area contributed by atoms with Crippen LogP contribution in [0.1, 0.15) is 15.9 Å². The second-order valence-electron chi connectivity index (χ2n) is 5.67. The molecule has 3 aromatic carbocycles.